The average Bonchev–Trinajstić information content (AvgIpc) is 2.23. The molecule has 0 saturated carbocycles. The molecule has 0 aliphatic rings. The normalized spacial score (nSPS) is 13.5. The van der Waals surface area contributed by atoms with Gasteiger partial charge in [0.1, 0.15) is 6.61 Å². The summed E-state index contributed by atoms with van der Waals surface area (Å²) in [6.45, 7) is 2.74. The quantitative estimate of drug-likeness (QED) is 0.639. The number of hydrogen-bond donors (Lipinski definition) is 2. The molecule has 102 valence electrons. The molecule has 0 radical (unpaired) electrons. The van der Waals surface area contributed by atoms with Gasteiger partial charge in [-0.1, -0.05) is 6.92 Å². The SMILES string of the molecule is CCC(C)NCC(=O)NCCOCC(F)(F)F. The summed E-state index contributed by atoms with van der Waals surface area (Å²) in [5.41, 5.74) is 0. The summed E-state index contributed by atoms with van der Waals surface area (Å²) in [5, 5.41) is 5.42. The van der Waals surface area contributed by atoms with Crippen molar-refractivity contribution in [2.24, 2.45) is 0 Å². The molecule has 0 fully saturated rings. The maximum atomic E-state index is 11.7. The minimum absolute atomic E-state index is 0.0805. The van der Waals surface area contributed by atoms with Crippen LogP contribution in [0.1, 0.15) is 20.3 Å². The molecule has 0 heterocycles. The summed E-state index contributed by atoms with van der Waals surface area (Å²) in [6.07, 6.45) is -3.41. The average molecular weight is 256 g/mol. The lowest BCUT2D eigenvalue weighted by molar-refractivity contribution is -0.173. The van der Waals surface area contributed by atoms with Crippen LogP contribution in [0.2, 0.25) is 0 Å². The highest BCUT2D eigenvalue weighted by Gasteiger charge is 2.27. The van der Waals surface area contributed by atoms with Gasteiger partial charge in [-0.15, -0.1) is 0 Å². The van der Waals surface area contributed by atoms with E-state index in [1.807, 2.05) is 13.8 Å². The summed E-state index contributed by atoms with van der Waals surface area (Å²) in [6, 6.07) is 0.238. The third kappa shape index (κ3) is 11.4. The van der Waals surface area contributed by atoms with Gasteiger partial charge in [-0.25, -0.2) is 0 Å². The van der Waals surface area contributed by atoms with Gasteiger partial charge in [0.25, 0.3) is 0 Å². The highest BCUT2D eigenvalue weighted by atomic mass is 19.4. The lowest BCUT2D eigenvalue weighted by Crippen LogP contribution is -2.39. The lowest BCUT2D eigenvalue weighted by atomic mass is 10.2. The lowest BCUT2D eigenvalue weighted by Gasteiger charge is -2.11. The maximum Gasteiger partial charge on any atom is 0.411 e. The molecule has 17 heavy (non-hydrogen) atoms. The van der Waals surface area contributed by atoms with E-state index in [1.54, 1.807) is 0 Å². The third-order valence-electron chi connectivity index (χ3n) is 2.06. The van der Waals surface area contributed by atoms with E-state index in [0.29, 0.717) is 0 Å². The van der Waals surface area contributed by atoms with Crippen molar-refractivity contribution in [3.05, 3.63) is 0 Å². The first-order chi connectivity index (χ1) is 7.85. The van der Waals surface area contributed by atoms with Gasteiger partial charge in [0.05, 0.1) is 13.2 Å². The molecule has 0 rings (SSSR count). The van der Waals surface area contributed by atoms with Gasteiger partial charge in [0.15, 0.2) is 0 Å². The van der Waals surface area contributed by atoms with E-state index in [0.717, 1.165) is 6.42 Å². The van der Waals surface area contributed by atoms with E-state index in [2.05, 4.69) is 15.4 Å². The Kier molecular flexibility index (Phi) is 7.90. The molecule has 0 aromatic heterocycles. The topological polar surface area (TPSA) is 50.4 Å². The second-order valence-electron chi connectivity index (χ2n) is 3.71. The van der Waals surface area contributed by atoms with E-state index in [4.69, 9.17) is 0 Å². The standard InChI is InChI=1S/C10H19F3N2O2/c1-3-8(2)15-6-9(16)14-4-5-17-7-10(11,12)13/h8,15H,3-7H2,1-2H3,(H,14,16). The predicted octanol–water partition coefficient (Wildman–Crippen LogP) is 1.07. The first-order valence-electron chi connectivity index (χ1n) is 5.49. The van der Waals surface area contributed by atoms with Crippen LogP contribution in [0.5, 0.6) is 0 Å². The molecule has 1 unspecified atom stereocenters. The molecule has 1 atom stereocenters. The van der Waals surface area contributed by atoms with Gasteiger partial charge in [-0.05, 0) is 13.3 Å². The maximum absolute atomic E-state index is 11.7. The Morgan fingerprint density at radius 2 is 2.06 bits per heavy atom. The molecule has 0 aliphatic heterocycles. The molecule has 1 amide bonds. The fourth-order valence-electron chi connectivity index (χ4n) is 0.924. The van der Waals surface area contributed by atoms with Crippen LogP contribution in [0, 0.1) is 0 Å². The van der Waals surface area contributed by atoms with Crippen LogP contribution in [0.15, 0.2) is 0 Å². The van der Waals surface area contributed by atoms with Crippen LogP contribution in [-0.4, -0.2) is 44.4 Å². The van der Waals surface area contributed by atoms with E-state index in [9.17, 15) is 18.0 Å². The van der Waals surface area contributed by atoms with Crippen LogP contribution in [-0.2, 0) is 9.53 Å². The minimum Gasteiger partial charge on any atom is -0.370 e. The Bertz CT molecular complexity index is 222. The molecule has 2 N–H and O–H groups in total. The second kappa shape index (κ2) is 8.30. The zero-order chi connectivity index (χ0) is 13.3. The first kappa shape index (κ1) is 16.2. The van der Waals surface area contributed by atoms with Gasteiger partial charge < -0.3 is 15.4 Å². The first-order valence-corrected chi connectivity index (χ1v) is 5.49. The molecule has 0 aromatic rings. The largest absolute Gasteiger partial charge is 0.411 e. The smallest absolute Gasteiger partial charge is 0.370 e. The number of halogens is 3. The third-order valence-corrected chi connectivity index (χ3v) is 2.06. The predicted molar refractivity (Wildman–Crippen MR) is 57.6 cm³/mol. The Labute approximate surface area is 98.9 Å². The zero-order valence-electron chi connectivity index (χ0n) is 10.1. The molecule has 7 heteroatoms. The fourth-order valence-corrected chi connectivity index (χ4v) is 0.924. The Hall–Kier alpha value is -0.820. The van der Waals surface area contributed by atoms with Gasteiger partial charge in [-0.3, -0.25) is 4.79 Å². The molecular weight excluding hydrogens is 237 g/mol. The number of carbonyl (C=O) groups is 1. The van der Waals surface area contributed by atoms with Crippen LogP contribution in [0.4, 0.5) is 13.2 Å². The molecular formula is C10H19F3N2O2. The van der Waals surface area contributed by atoms with Crippen molar-refractivity contribution in [1.29, 1.82) is 0 Å². The van der Waals surface area contributed by atoms with Gasteiger partial charge in [-0.2, -0.15) is 13.2 Å². The molecule has 0 saturated heterocycles. The van der Waals surface area contributed by atoms with Gasteiger partial charge in [0.2, 0.25) is 5.91 Å². The van der Waals surface area contributed by atoms with Crippen molar-refractivity contribution in [2.45, 2.75) is 32.5 Å². The van der Waals surface area contributed by atoms with Crippen LogP contribution < -0.4 is 10.6 Å². The summed E-state index contributed by atoms with van der Waals surface area (Å²) < 4.78 is 39.3. The Balaban J connectivity index is 3.40. The van der Waals surface area contributed by atoms with Crippen LogP contribution in [0.25, 0.3) is 0 Å². The number of carbonyl (C=O) groups excluding carboxylic acids is 1. The van der Waals surface area contributed by atoms with E-state index < -0.39 is 12.8 Å². The van der Waals surface area contributed by atoms with E-state index >= 15 is 0 Å². The van der Waals surface area contributed by atoms with Crippen molar-refractivity contribution in [2.75, 3.05) is 26.3 Å². The number of nitrogens with one attached hydrogen (secondary N) is 2. The van der Waals surface area contributed by atoms with Gasteiger partial charge >= 0.3 is 6.18 Å². The van der Waals surface area contributed by atoms with Crippen molar-refractivity contribution >= 4 is 5.91 Å². The summed E-state index contributed by atoms with van der Waals surface area (Å²) in [4.78, 5) is 11.2. The molecule has 0 aromatic carbocycles. The number of rotatable bonds is 8. The Morgan fingerprint density at radius 3 is 2.59 bits per heavy atom. The van der Waals surface area contributed by atoms with Crippen molar-refractivity contribution in [3.63, 3.8) is 0 Å². The fraction of sp³-hybridized carbons (Fsp3) is 0.900. The van der Waals surface area contributed by atoms with E-state index in [1.165, 1.54) is 0 Å². The van der Waals surface area contributed by atoms with Gasteiger partial charge in [0, 0.05) is 12.6 Å². The second-order valence-corrected chi connectivity index (χ2v) is 3.71. The van der Waals surface area contributed by atoms with Crippen LogP contribution in [0.3, 0.4) is 0 Å². The highest BCUT2D eigenvalue weighted by molar-refractivity contribution is 5.77. The number of ether oxygens (including phenoxy) is 1. The molecule has 0 bridgehead atoms. The number of amides is 1. The summed E-state index contributed by atoms with van der Waals surface area (Å²) in [5.74, 6) is -0.249. The van der Waals surface area contributed by atoms with Crippen molar-refractivity contribution in [1.82, 2.24) is 10.6 Å². The highest BCUT2D eigenvalue weighted by Crippen LogP contribution is 2.13. The number of alkyl halides is 3. The molecule has 0 spiro atoms. The van der Waals surface area contributed by atoms with Crippen LogP contribution >= 0.6 is 0 Å². The minimum atomic E-state index is -4.32. The van der Waals surface area contributed by atoms with E-state index in [-0.39, 0.29) is 31.6 Å². The van der Waals surface area contributed by atoms with Crippen molar-refractivity contribution in [3.8, 4) is 0 Å². The van der Waals surface area contributed by atoms with Crippen molar-refractivity contribution < 1.29 is 22.7 Å². The summed E-state index contributed by atoms with van der Waals surface area (Å²) >= 11 is 0. The monoisotopic (exact) mass is 256 g/mol. The number of hydrogen-bond acceptors (Lipinski definition) is 3. The zero-order valence-corrected chi connectivity index (χ0v) is 10.1. The molecule has 0 aliphatic carbocycles. The Morgan fingerprint density at radius 1 is 1.41 bits per heavy atom. The summed E-state index contributed by atoms with van der Waals surface area (Å²) in [7, 11) is 0. The molecule has 4 nitrogen and oxygen atoms in total.